The first-order valence-electron chi connectivity index (χ1n) is 9.02. The van der Waals surface area contributed by atoms with Gasteiger partial charge >= 0.3 is 6.61 Å². The summed E-state index contributed by atoms with van der Waals surface area (Å²) in [4.78, 5) is 12.1. The first-order chi connectivity index (χ1) is 13.9. The Kier molecular flexibility index (Phi) is 6.38. The van der Waals surface area contributed by atoms with E-state index in [0.717, 1.165) is 17.8 Å². The van der Waals surface area contributed by atoms with Crippen LogP contribution in [0.2, 0.25) is 0 Å². The molecule has 9 heteroatoms. The highest BCUT2D eigenvalue weighted by molar-refractivity contribution is 6.01. The Morgan fingerprint density at radius 3 is 2.66 bits per heavy atom. The van der Waals surface area contributed by atoms with Crippen LogP contribution in [0.5, 0.6) is 5.75 Å². The minimum Gasteiger partial charge on any atom is -0.435 e. The molecule has 152 valence electrons. The molecule has 0 spiro atoms. The number of alkyl halides is 2. The summed E-state index contributed by atoms with van der Waals surface area (Å²) >= 11 is 0. The number of carbonyl (C=O) groups is 1. The molecular formula is C20H21F2N5O2. The van der Waals surface area contributed by atoms with E-state index in [1.54, 1.807) is 35.3 Å². The van der Waals surface area contributed by atoms with Crippen molar-refractivity contribution < 1.29 is 18.3 Å². The van der Waals surface area contributed by atoms with Crippen molar-refractivity contribution in [1.82, 2.24) is 19.6 Å². The van der Waals surface area contributed by atoms with Gasteiger partial charge < -0.3 is 10.1 Å². The van der Waals surface area contributed by atoms with Crippen LogP contribution in [0.4, 0.5) is 14.5 Å². The molecule has 3 rings (SSSR count). The lowest BCUT2D eigenvalue weighted by atomic mass is 10.2. The minimum absolute atomic E-state index is 0.0636. The van der Waals surface area contributed by atoms with Gasteiger partial charge in [0.1, 0.15) is 5.75 Å². The fourth-order valence-electron chi connectivity index (χ4n) is 2.76. The van der Waals surface area contributed by atoms with E-state index in [2.05, 4.69) is 20.3 Å². The van der Waals surface area contributed by atoms with Crippen LogP contribution in [-0.2, 0) is 17.9 Å². The summed E-state index contributed by atoms with van der Waals surface area (Å²) in [6, 6.07) is 5.99. The number of aromatic nitrogens is 4. The molecule has 1 amide bonds. The Morgan fingerprint density at radius 1 is 1.24 bits per heavy atom. The Labute approximate surface area is 166 Å². The van der Waals surface area contributed by atoms with Crippen molar-refractivity contribution in [2.24, 2.45) is 0 Å². The van der Waals surface area contributed by atoms with Crippen LogP contribution < -0.4 is 10.1 Å². The van der Waals surface area contributed by atoms with Gasteiger partial charge in [0, 0.05) is 30.1 Å². The summed E-state index contributed by atoms with van der Waals surface area (Å²) < 4.78 is 32.2. The molecule has 0 aliphatic heterocycles. The van der Waals surface area contributed by atoms with Gasteiger partial charge in [-0.2, -0.15) is 19.0 Å². The Balaban J connectivity index is 1.55. The molecule has 0 aliphatic rings. The molecule has 0 saturated heterocycles. The van der Waals surface area contributed by atoms with Crippen molar-refractivity contribution in [2.75, 3.05) is 5.32 Å². The third-order valence-electron chi connectivity index (χ3n) is 4.27. The lowest BCUT2D eigenvalue weighted by molar-refractivity contribution is -0.111. The number of carbonyl (C=O) groups excluding carboxylic acids is 1. The molecule has 1 aromatic carbocycles. The quantitative estimate of drug-likeness (QED) is 0.584. The predicted molar refractivity (Wildman–Crippen MR) is 105 cm³/mol. The lowest BCUT2D eigenvalue weighted by Crippen LogP contribution is -2.07. The molecule has 29 heavy (non-hydrogen) atoms. The average Bonchev–Trinajstić information content (AvgIpc) is 3.27. The maximum atomic E-state index is 12.1. The Hall–Kier alpha value is -3.49. The number of hydrogen-bond donors (Lipinski definition) is 1. The third kappa shape index (κ3) is 5.50. The van der Waals surface area contributed by atoms with Crippen LogP contribution in [0.25, 0.3) is 6.08 Å². The number of amides is 1. The zero-order chi connectivity index (χ0) is 20.8. The fourth-order valence-corrected chi connectivity index (χ4v) is 2.76. The molecule has 2 aromatic heterocycles. The Bertz CT molecular complexity index is 993. The van der Waals surface area contributed by atoms with Crippen molar-refractivity contribution in [3.63, 3.8) is 0 Å². The van der Waals surface area contributed by atoms with Gasteiger partial charge in [-0.3, -0.25) is 14.2 Å². The monoisotopic (exact) mass is 401 g/mol. The van der Waals surface area contributed by atoms with Crippen LogP contribution in [0, 0.1) is 6.92 Å². The number of hydrogen-bond acceptors (Lipinski definition) is 4. The number of halogens is 2. The zero-order valence-electron chi connectivity index (χ0n) is 16.0. The summed E-state index contributed by atoms with van der Waals surface area (Å²) in [6.07, 6.45) is 8.07. The number of aryl methyl sites for hydroxylation is 1. The van der Waals surface area contributed by atoms with E-state index in [1.807, 2.05) is 24.7 Å². The normalized spacial score (nSPS) is 11.3. The second kappa shape index (κ2) is 9.13. The van der Waals surface area contributed by atoms with Gasteiger partial charge in [-0.15, -0.1) is 0 Å². The van der Waals surface area contributed by atoms with Gasteiger partial charge in [-0.25, -0.2) is 0 Å². The van der Waals surface area contributed by atoms with E-state index in [1.165, 1.54) is 18.2 Å². The minimum atomic E-state index is -2.87. The highest BCUT2D eigenvalue weighted by Crippen LogP contribution is 2.16. The van der Waals surface area contributed by atoms with Crippen molar-refractivity contribution in [2.45, 2.75) is 33.5 Å². The molecule has 0 fully saturated rings. The highest BCUT2D eigenvalue weighted by Gasteiger charge is 2.08. The summed E-state index contributed by atoms with van der Waals surface area (Å²) in [7, 11) is 0. The van der Waals surface area contributed by atoms with Gasteiger partial charge in [-0.05, 0) is 37.6 Å². The van der Waals surface area contributed by atoms with Crippen molar-refractivity contribution >= 4 is 17.7 Å². The highest BCUT2D eigenvalue weighted by atomic mass is 19.3. The van der Waals surface area contributed by atoms with Crippen molar-refractivity contribution in [3.05, 3.63) is 65.8 Å². The maximum absolute atomic E-state index is 12.1. The number of anilines is 1. The van der Waals surface area contributed by atoms with E-state index in [9.17, 15) is 13.6 Å². The van der Waals surface area contributed by atoms with E-state index < -0.39 is 6.61 Å². The number of benzene rings is 1. The van der Waals surface area contributed by atoms with Crippen molar-refractivity contribution in [3.8, 4) is 5.75 Å². The first kappa shape index (κ1) is 20.2. The van der Waals surface area contributed by atoms with Gasteiger partial charge in [0.25, 0.3) is 0 Å². The summed E-state index contributed by atoms with van der Waals surface area (Å²) in [5, 5.41) is 11.3. The van der Waals surface area contributed by atoms with Crippen LogP contribution in [0.3, 0.4) is 0 Å². The lowest BCUT2D eigenvalue weighted by Gasteiger charge is -2.03. The van der Waals surface area contributed by atoms with Gasteiger partial charge in [0.2, 0.25) is 5.91 Å². The molecule has 3 aromatic rings. The molecule has 0 saturated carbocycles. The number of ether oxygens (including phenoxy) is 1. The Morgan fingerprint density at radius 2 is 2.00 bits per heavy atom. The number of nitrogens with one attached hydrogen (secondary N) is 1. The standard InChI is InChI=1S/C20H21F2N5O2/c1-3-27-14(2)16(10-24-27)12-26-13-17(11-23-26)25-19(28)9-6-15-4-7-18(8-5-15)29-20(21)22/h4-11,13,20H,3,12H2,1-2H3,(H,25,28)/b9-6-. The smallest absolute Gasteiger partial charge is 0.387 e. The van der Waals surface area contributed by atoms with Gasteiger partial charge in [0.05, 0.1) is 24.6 Å². The molecule has 0 atom stereocenters. The molecule has 7 nitrogen and oxygen atoms in total. The van der Waals surface area contributed by atoms with Gasteiger partial charge in [-0.1, -0.05) is 12.1 Å². The molecule has 1 N–H and O–H groups in total. The first-order valence-corrected chi connectivity index (χ1v) is 9.02. The summed E-state index contributed by atoms with van der Waals surface area (Å²) in [5.41, 5.74) is 3.40. The molecule has 0 unspecified atom stereocenters. The van der Waals surface area contributed by atoms with E-state index in [4.69, 9.17) is 0 Å². The summed E-state index contributed by atoms with van der Waals surface area (Å²) in [5.74, 6) is -0.263. The van der Waals surface area contributed by atoms with Crippen molar-refractivity contribution in [1.29, 1.82) is 0 Å². The predicted octanol–water partition coefficient (Wildman–Crippen LogP) is 3.71. The number of nitrogens with zero attached hydrogens (tertiary/aromatic N) is 4. The van der Waals surface area contributed by atoms with E-state index in [0.29, 0.717) is 17.8 Å². The topological polar surface area (TPSA) is 74.0 Å². The van der Waals surface area contributed by atoms with Crippen LogP contribution >= 0.6 is 0 Å². The second-order valence-electron chi connectivity index (χ2n) is 6.27. The maximum Gasteiger partial charge on any atom is 0.387 e. The number of rotatable bonds is 8. The van der Waals surface area contributed by atoms with Gasteiger partial charge in [0.15, 0.2) is 0 Å². The van der Waals surface area contributed by atoms with Crippen LogP contribution in [0.15, 0.2) is 48.9 Å². The second-order valence-corrected chi connectivity index (χ2v) is 6.27. The van der Waals surface area contributed by atoms with Crippen LogP contribution in [-0.4, -0.2) is 32.1 Å². The molecule has 2 heterocycles. The summed E-state index contributed by atoms with van der Waals surface area (Å²) in [6.45, 7) is 2.54. The third-order valence-corrected chi connectivity index (χ3v) is 4.27. The fraction of sp³-hybridized carbons (Fsp3) is 0.250. The molecule has 0 bridgehead atoms. The SMILES string of the molecule is CCn1ncc(Cn2cc(NC(=O)/C=C\c3ccc(OC(F)F)cc3)cn2)c1C. The zero-order valence-corrected chi connectivity index (χ0v) is 16.0. The molecule has 0 aliphatic carbocycles. The van der Waals surface area contributed by atoms with E-state index >= 15 is 0 Å². The average molecular weight is 401 g/mol. The van der Waals surface area contributed by atoms with Crippen LogP contribution in [0.1, 0.15) is 23.7 Å². The largest absolute Gasteiger partial charge is 0.435 e. The van der Waals surface area contributed by atoms with E-state index in [-0.39, 0.29) is 11.7 Å². The molecular weight excluding hydrogens is 380 g/mol. The molecule has 0 radical (unpaired) electrons.